The number of nitrogens with zero attached hydrogens (tertiary/aromatic N) is 1. The third-order valence-corrected chi connectivity index (χ3v) is 3.96. The first-order chi connectivity index (χ1) is 9.60. The van der Waals surface area contributed by atoms with Gasteiger partial charge in [-0.2, -0.15) is 0 Å². The van der Waals surface area contributed by atoms with Crippen LogP contribution >= 0.6 is 0 Å². The van der Waals surface area contributed by atoms with Crippen LogP contribution in [0.3, 0.4) is 0 Å². The summed E-state index contributed by atoms with van der Waals surface area (Å²) in [6.45, 7) is 7.56. The average Bonchev–Trinajstić information content (AvgIpc) is 2.41. The Morgan fingerprint density at radius 1 is 1.40 bits per heavy atom. The Morgan fingerprint density at radius 3 is 2.65 bits per heavy atom. The van der Waals surface area contributed by atoms with Gasteiger partial charge < -0.3 is 15.3 Å². The van der Waals surface area contributed by atoms with E-state index in [1.165, 1.54) is 13.0 Å². The maximum atomic E-state index is 11.0. The lowest BCUT2D eigenvalue weighted by Gasteiger charge is -2.32. The fourth-order valence-electron chi connectivity index (χ4n) is 2.85. The molecule has 1 heterocycles. The molecule has 1 saturated heterocycles. The number of anilines is 1. The Morgan fingerprint density at radius 2 is 2.10 bits per heavy atom. The second-order valence-electron chi connectivity index (χ2n) is 5.60. The normalized spacial score (nSPS) is 17.1. The highest BCUT2D eigenvalue weighted by atomic mass is 16.4. The molecule has 1 aliphatic rings. The minimum Gasteiger partial charge on any atom is -0.478 e. The number of nitrogens with one attached hydrogen (secondary N) is 1. The van der Waals surface area contributed by atoms with Gasteiger partial charge in [-0.3, -0.25) is 0 Å². The molecule has 0 unspecified atom stereocenters. The number of carbonyl (C=O) groups is 1. The highest BCUT2D eigenvalue weighted by Crippen LogP contribution is 2.20. The Labute approximate surface area is 120 Å². The average molecular weight is 276 g/mol. The third-order valence-electron chi connectivity index (χ3n) is 3.96. The van der Waals surface area contributed by atoms with Gasteiger partial charge in [0.25, 0.3) is 0 Å². The molecule has 0 aliphatic carbocycles. The maximum absolute atomic E-state index is 11.0. The fourth-order valence-corrected chi connectivity index (χ4v) is 2.85. The van der Waals surface area contributed by atoms with E-state index in [4.69, 9.17) is 5.11 Å². The number of aromatic carboxylic acids is 1. The Bertz CT molecular complexity index is 466. The summed E-state index contributed by atoms with van der Waals surface area (Å²) in [4.78, 5) is 13.5. The number of benzene rings is 1. The van der Waals surface area contributed by atoms with Gasteiger partial charge in [-0.15, -0.1) is 0 Å². The van der Waals surface area contributed by atoms with Crippen LogP contribution in [0.1, 0.15) is 42.1 Å². The van der Waals surface area contributed by atoms with Gasteiger partial charge in [0.15, 0.2) is 0 Å². The minimum absolute atomic E-state index is 0.383. The monoisotopic (exact) mass is 276 g/mol. The molecule has 20 heavy (non-hydrogen) atoms. The molecule has 1 aromatic carbocycles. The van der Waals surface area contributed by atoms with Gasteiger partial charge in [-0.1, -0.05) is 6.92 Å². The first kappa shape index (κ1) is 14.9. The highest BCUT2D eigenvalue weighted by Gasteiger charge is 2.18. The van der Waals surface area contributed by atoms with Crippen molar-refractivity contribution in [3.05, 3.63) is 29.3 Å². The molecule has 1 fully saturated rings. The quantitative estimate of drug-likeness (QED) is 0.868. The molecule has 1 aromatic rings. The largest absolute Gasteiger partial charge is 0.478 e. The Hall–Kier alpha value is -1.55. The van der Waals surface area contributed by atoms with Gasteiger partial charge in [0.1, 0.15) is 0 Å². The van der Waals surface area contributed by atoms with Crippen LogP contribution < -0.4 is 5.32 Å². The van der Waals surface area contributed by atoms with Crippen LogP contribution in [-0.2, 0) is 0 Å². The van der Waals surface area contributed by atoms with Crippen molar-refractivity contribution in [2.75, 3.05) is 25.0 Å². The molecule has 0 saturated carbocycles. The van der Waals surface area contributed by atoms with Crippen LogP contribution in [0.25, 0.3) is 0 Å². The van der Waals surface area contributed by atoms with E-state index in [1.807, 2.05) is 19.1 Å². The molecular weight excluding hydrogens is 252 g/mol. The van der Waals surface area contributed by atoms with Crippen molar-refractivity contribution in [2.45, 2.75) is 39.2 Å². The second-order valence-corrected chi connectivity index (χ2v) is 5.60. The lowest BCUT2D eigenvalue weighted by Crippen LogP contribution is -2.39. The van der Waals surface area contributed by atoms with Crippen LogP contribution in [0.2, 0.25) is 0 Å². The molecule has 1 aliphatic heterocycles. The van der Waals surface area contributed by atoms with Gasteiger partial charge in [-0.25, -0.2) is 4.79 Å². The summed E-state index contributed by atoms with van der Waals surface area (Å²) < 4.78 is 0. The van der Waals surface area contributed by atoms with Crippen molar-refractivity contribution < 1.29 is 9.90 Å². The van der Waals surface area contributed by atoms with E-state index in [0.29, 0.717) is 11.6 Å². The van der Waals surface area contributed by atoms with Crippen molar-refractivity contribution in [1.82, 2.24) is 4.90 Å². The van der Waals surface area contributed by atoms with Crippen molar-refractivity contribution in [3.63, 3.8) is 0 Å². The van der Waals surface area contributed by atoms with Crippen LogP contribution in [-0.4, -0.2) is 41.7 Å². The summed E-state index contributed by atoms with van der Waals surface area (Å²) in [5, 5.41) is 12.6. The number of rotatable bonds is 5. The van der Waals surface area contributed by atoms with Gasteiger partial charge in [0.05, 0.1) is 5.56 Å². The van der Waals surface area contributed by atoms with Gasteiger partial charge >= 0.3 is 5.97 Å². The molecule has 0 atom stereocenters. The summed E-state index contributed by atoms with van der Waals surface area (Å²) in [5.41, 5.74) is 2.22. The zero-order valence-electron chi connectivity index (χ0n) is 12.4. The summed E-state index contributed by atoms with van der Waals surface area (Å²) in [6, 6.07) is 5.99. The van der Waals surface area contributed by atoms with Gasteiger partial charge in [-0.05, 0) is 56.5 Å². The molecule has 0 bridgehead atoms. The van der Waals surface area contributed by atoms with Crippen molar-refractivity contribution in [3.8, 4) is 0 Å². The standard InChI is InChI=1S/C16H24N2O2/c1-3-8-18-9-6-13(7-10-18)17-14-4-5-15(16(19)20)12(2)11-14/h4-5,11,13,17H,3,6-10H2,1-2H3,(H,19,20). The first-order valence-corrected chi connectivity index (χ1v) is 7.43. The second kappa shape index (κ2) is 6.75. The number of carboxylic acid groups (broad SMARTS) is 1. The number of carboxylic acids is 1. The van der Waals surface area contributed by atoms with E-state index in [-0.39, 0.29) is 0 Å². The number of likely N-dealkylation sites (tertiary alicyclic amines) is 1. The molecule has 2 rings (SSSR count). The predicted octanol–water partition coefficient (Wildman–Crippen LogP) is 2.98. The molecule has 4 heteroatoms. The number of piperidine rings is 1. The number of aryl methyl sites for hydroxylation is 1. The third kappa shape index (κ3) is 3.73. The first-order valence-electron chi connectivity index (χ1n) is 7.43. The fraction of sp³-hybridized carbons (Fsp3) is 0.562. The molecule has 0 spiro atoms. The lowest BCUT2D eigenvalue weighted by molar-refractivity contribution is 0.0696. The van der Waals surface area contributed by atoms with Crippen LogP contribution in [0.4, 0.5) is 5.69 Å². The van der Waals surface area contributed by atoms with E-state index in [2.05, 4.69) is 17.1 Å². The Balaban J connectivity index is 1.91. The zero-order valence-corrected chi connectivity index (χ0v) is 12.4. The predicted molar refractivity (Wildman–Crippen MR) is 81.5 cm³/mol. The van der Waals surface area contributed by atoms with Gasteiger partial charge in [0.2, 0.25) is 0 Å². The van der Waals surface area contributed by atoms with Crippen LogP contribution in [0.15, 0.2) is 18.2 Å². The van der Waals surface area contributed by atoms with Crippen molar-refractivity contribution in [1.29, 1.82) is 0 Å². The molecule has 110 valence electrons. The van der Waals surface area contributed by atoms with Crippen LogP contribution in [0.5, 0.6) is 0 Å². The number of hydrogen-bond acceptors (Lipinski definition) is 3. The summed E-state index contributed by atoms with van der Waals surface area (Å²) >= 11 is 0. The zero-order chi connectivity index (χ0) is 14.5. The smallest absolute Gasteiger partial charge is 0.335 e. The molecule has 0 aromatic heterocycles. The van der Waals surface area contributed by atoms with E-state index < -0.39 is 5.97 Å². The minimum atomic E-state index is -0.859. The van der Waals surface area contributed by atoms with E-state index in [9.17, 15) is 4.79 Å². The topological polar surface area (TPSA) is 52.6 Å². The molecule has 2 N–H and O–H groups in total. The SMILES string of the molecule is CCCN1CCC(Nc2ccc(C(=O)O)c(C)c2)CC1. The Kier molecular flexibility index (Phi) is 5.01. The molecule has 0 radical (unpaired) electrons. The van der Waals surface area contributed by atoms with Gasteiger partial charge in [0, 0.05) is 24.8 Å². The van der Waals surface area contributed by atoms with Crippen molar-refractivity contribution >= 4 is 11.7 Å². The summed E-state index contributed by atoms with van der Waals surface area (Å²) in [6.07, 6.45) is 3.52. The highest BCUT2D eigenvalue weighted by molar-refractivity contribution is 5.89. The van der Waals surface area contributed by atoms with Crippen molar-refractivity contribution in [2.24, 2.45) is 0 Å². The number of hydrogen-bond donors (Lipinski definition) is 2. The molecular formula is C16H24N2O2. The molecule has 0 amide bonds. The van der Waals surface area contributed by atoms with E-state index >= 15 is 0 Å². The maximum Gasteiger partial charge on any atom is 0.335 e. The lowest BCUT2D eigenvalue weighted by atomic mass is 10.0. The summed E-state index contributed by atoms with van der Waals surface area (Å²) in [5.74, 6) is -0.859. The van der Waals surface area contributed by atoms with Crippen LogP contribution in [0, 0.1) is 6.92 Å². The summed E-state index contributed by atoms with van der Waals surface area (Å²) in [7, 11) is 0. The van der Waals surface area contributed by atoms with E-state index in [1.54, 1.807) is 6.07 Å². The van der Waals surface area contributed by atoms with E-state index in [0.717, 1.165) is 37.2 Å². The molecule has 4 nitrogen and oxygen atoms in total.